The van der Waals surface area contributed by atoms with Crippen LogP contribution < -0.4 is 4.90 Å². The van der Waals surface area contributed by atoms with Gasteiger partial charge in [-0.1, -0.05) is 0 Å². The van der Waals surface area contributed by atoms with Crippen molar-refractivity contribution in [3.8, 4) is 5.40 Å². The van der Waals surface area contributed by atoms with Crippen molar-refractivity contribution in [3.05, 3.63) is 24.3 Å². The molecule has 0 N–H and O–H groups in total. The van der Waals surface area contributed by atoms with Crippen molar-refractivity contribution in [2.75, 3.05) is 10.8 Å². The van der Waals surface area contributed by atoms with Crippen LogP contribution in [0.2, 0.25) is 0 Å². The van der Waals surface area contributed by atoms with Crippen LogP contribution in [0.25, 0.3) is 0 Å². The van der Waals surface area contributed by atoms with Crippen LogP contribution in [-0.2, 0) is 9.59 Å². The van der Waals surface area contributed by atoms with Crippen LogP contribution in [0.15, 0.2) is 29.2 Å². The van der Waals surface area contributed by atoms with Crippen molar-refractivity contribution in [2.24, 2.45) is 5.92 Å². The average Bonchev–Trinajstić information content (AvgIpc) is 2.66. The van der Waals surface area contributed by atoms with Crippen LogP contribution in [0, 0.1) is 16.6 Å². The molecule has 0 saturated carbocycles. The second kappa shape index (κ2) is 5.42. The first-order valence-corrected chi connectivity index (χ1v) is 6.61. The number of amides is 2. The molecule has 1 atom stereocenters. The van der Waals surface area contributed by atoms with Crippen molar-refractivity contribution in [1.82, 2.24) is 0 Å². The fraction of sp³-hybridized carbons (Fsp3) is 0.250. The highest BCUT2D eigenvalue weighted by Gasteiger charge is 2.38. The topological polar surface area (TPSA) is 61.2 Å². The first kappa shape index (κ1) is 12.9. The summed E-state index contributed by atoms with van der Waals surface area (Å²) in [5.74, 6) is -0.752. The number of hydrogen-bond donors (Lipinski definition) is 0. The number of carbonyl (C=O) groups excluding carboxylic acids is 2. The summed E-state index contributed by atoms with van der Waals surface area (Å²) >= 11 is 6.68. The minimum absolute atomic E-state index is 0.156. The quantitative estimate of drug-likeness (QED) is 0.369. The normalized spacial score (nSPS) is 19.1. The van der Waals surface area contributed by atoms with Gasteiger partial charge in [0.05, 0.1) is 11.6 Å². The molecule has 1 aliphatic heterocycles. The van der Waals surface area contributed by atoms with E-state index in [1.165, 1.54) is 0 Å². The lowest BCUT2D eigenvalue weighted by molar-refractivity contribution is -0.122. The van der Waals surface area contributed by atoms with Gasteiger partial charge in [-0.3, -0.25) is 14.5 Å². The molecule has 0 spiro atoms. The number of carbonyl (C=O) groups is 2. The zero-order chi connectivity index (χ0) is 13.1. The average molecular weight is 281 g/mol. The van der Waals surface area contributed by atoms with Gasteiger partial charge in [0.15, 0.2) is 0 Å². The molecular weight excluding hydrogens is 272 g/mol. The Hall–Kier alpha value is -1.51. The number of anilines is 1. The predicted octanol–water partition coefficient (Wildman–Crippen LogP) is 2.38. The Labute approximate surface area is 114 Å². The summed E-state index contributed by atoms with van der Waals surface area (Å²) in [7, 11) is 0. The van der Waals surface area contributed by atoms with E-state index in [0.29, 0.717) is 5.69 Å². The van der Waals surface area contributed by atoms with Gasteiger partial charge < -0.3 is 0 Å². The number of alkyl halides is 1. The lowest BCUT2D eigenvalue weighted by atomic mass is 10.1. The summed E-state index contributed by atoms with van der Waals surface area (Å²) in [5, 5.41) is 10.5. The molecule has 1 unspecified atom stereocenters. The van der Waals surface area contributed by atoms with Gasteiger partial charge in [-0.15, -0.1) is 11.6 Å². The minimum Gasteiger partial charge on any atom is -0.274 e. The number of benzene rings is 1. The van der Waals surface area contributed by atoms with E-state index >= 15 is 0 Å². The van der Waals surface area contributed by atoms with Crippen LogP contribution in [0.3, 0.4) is 0 Å². The van der Waals surface area contributed by atoms with Crippen molar-refractivity contribution in [2.45, 2.75) is 11.3 Å². The van der Waals surface area contributed by atoms with E-state index in [1.807, 2.05) is 5.40 Å². The molecular formula is C12H9ClN2O2S. The Bertz CT molecular complexity index is 524. The number of halogens is 1. The van der Waals surface area contributed by atoms with Crippen molar-refractivity contribution >= 4 is 40.9 Å². The largest absolute Gasteiger partial charge is 0.274 e. The summed E-state index contributed by atoms with van der Waals surface area (Å²) in [6.07, 6.45) is 0.164. The zero-order valence-electron chi connectivity index (χ0n) is 9.30. The lowest BCUT2D eigenvalue weighted by Gasteiger charge is -2.14. The van der Waals surface area contributed by atoms with Gasteiger partial charge in [-0.05, 0) is 36.0 Å². The first-order chi connectivity index (χ1) is 8.67. The third-order valence-electron chi connectivity index (χ3n) is 2.68. The number of imide groups is 1. The highest BCUT2D eigenvalue weighted by atomic mass is 35.5. The minimum atomic E-state index is -0.424. The van der Waals surface area contributed by atoms with Gasteiger partial charge in [0.2, 0.25) is 11.8 Å². The number of nitrogens with zero attached hydrogens (tertiary/aromatic N) is 2. The van der Waals surface area contributed by atoms with Gasteiger partial charge in [-0.25, -0.2) is 0 Å². The molecule has 1 aliphatic rings. The van der Waals surface area contributed by atoms with Crippen LogP contribution >= 0.6 is 23.4 Å². The van der Waals surface area contributed by atoms with Gasteiger partial charge in [-0.2, -0.15) is 5.26 Å². The fourth-order valence-electron chi connectivity index (χ4n) is 1.80. The number of thioether (sulfide) groups is 1. The second-order valence-electron chi connectivity index (χ2n) is 3.81. The summed E-state index contributed by atoms with van der Waals surface area (Å²) < 4.78 is 0. The molecule has 1 aromatic rings. The Morgan fingerprint density at radius 1 is 1.39 bits per heavy atom. The van der Waals surface area contributed by atoms with Crippen LogP contribution in [0.4, 0.5) is 5.69 Å². The third-order valence-corrected chi connectivity index (χ3v) is 3.66. The zero-order valence-corrected chi connectivity index (χ0v) is 10.9. The Balaban J connectivity index is 2.24. The standard InChI is InChI=1S/C12H9ClN2O2S/c13-6-8-5-11(16)15(12(8)17)9-1-3-10(4-2-9)18-7-14/h1-4,8H,5-6H2. The number of rotatable bonds is 3. The highest BCUT2D eigenvalue weighted by Crippen LogP contribution is 2.28. The molecule has 0 aromatic heterocycles. The van der Waals surface area contributed by atoms with E-state index in [-0.39, 0.29) is 24.1 Å². The van der Waals surface area contributed by atoms with Crippen molar-refractivity contribution in [1.29, 1.82) is 5.26 Å². The van der Waals surface area contributed by atoms with E-state index in [0.717, 1.165) is 21.6 Å². The molecule has 0 bridgehead atoms. The Kier molecular flexibility index (Phi) is 3.90. The second-order valence-corrected chi connectivity index (χ2v) is 4.98. The molecule has 1 fully saturated rings. The summed E-state index contributed by atoms with van der Waals surface area (Å²) in [5.41, 5.74) is 0.528. The molecule has 2 amide bonds. The van der Waals surface area contributed by atoms with Gasteiger partial charge >= 0.3 is 0 Å². The van der Waals surface area contributed by atoms with Gasteiger partial charge in [0, 0.05) is 17.2 Å². The molecule has 0 aliphatic carbocycles. The molecule has 6 heteroatoms. The molecule has 2 rings (SSSR count). The molecule has 1 aromatic carbocycles. The fourth-order valence-corrected chi connectivity index (χ4v) is 2.42. The maximum Gasteiger partial charge on any atom is 0.238 e. The molecule has 18 heavy (non-hydrogen) atoms. The lowest BCUT2D eigenvalue weighted by Crippen LogP contribution is -2.30. The Morgan fingerprint density at radius 3 is 2.56 bits per heavy atom. The van der Waals surface area contributed by atoms with Crippen LogP contribution in [0.5, 0.6) is 0 Å². The van der Waals surface area contributed by atoms with Crippen LogP contribution in [0.1, 0.15) is 6.42 Å². The SMILES string of the molecule is N#CSc1ccc(N2C(=O)CC(CCl)C2=O)cc1. The maximum atomic E-state index is 11.9. The van der Waals surface area contributed by atoms with E-state index in [1.54, 1.807) is 24.3 Å². The number of thiocyanates is 1. The Morgan fingerprint density at radius 2 is 2.06 bits per heavy atom. The predicted molar refractivity (Wildman–Crippen MR) is 69.2 cm³/mol. The third kappa shape index (κ3) is 2.35. The van der Waals surface area contributed by atoms with E-state index in [2.05, 4.69) is 0 Å². The molecule has 1 saturated heterocycles. The number of nitriles is 1. The summed E-state index contributed by atoms with van der Waals surface area (Å²) in [6.45, 7) is 0. The van der Waals surface area contributed by atoms with E-state index in [9.17, 15) is 9.59 Å². The number of hydrogen-bond acceptors (Lipinski definition) is 4. The van der Waals surface area contributed by atoms with Crippen molar-refractivity contribution < 1.29 is 9.59 Å². The molecule has 0 radical (unpaired) electrons. The van der Waals surface area contributed by atoms with Gasteiger partial charge in [0.25, 0.3) is 0 Å². The van der Waals surface area contributed by atoms with Gasteiger partial charge in [0.1, 0.15) is 5.40 Å². The summed E-state index contributed by atoms with van der Waals surface area (Å²) in [4.78, 5) is 25.6. The first-order valence-electron chi connectivity index (χ1n) is 5.26. The monoisotopic (exact) mass is 280 g/mol. The highest BCUT2D eigenvalue weighted by molar-refractivity contribution is 8.03. The van der Waals surface area contributed by atoms with E-state index < -0.39 is 5.92 Å². The smallest absolute Gasteiger partial charge is 0.238 e. The maximum absolute atomic E-state index is 11.9. The molecule has 92 valence electrons. The molecule has 4 nitrogen and oxygen atoms in total. The van der Waals surface area contributed by atoms with Crippen LogP contribution in [-0.4, -0.2) is 17.7 Å². The van der Waals surface area contributed by atoms with Crippen molar-refractivity contribution in [3.63, 3.8) is 0 Å². The summed E-state index contributed by atoms with van der Waals surface area (Å²) in [6, 6.07) is 6.73. The van der Waals surface area contributed by atoms with E-state index in [4.69, 9.17) is 16.9 Å². The molecule has 1 heterocycles.